The number of amides is 1. The number of halogens is 1. The predicted octanol–water partition coefficient (Wildman–Crippen LogP) is 3.82. The first kappa shape index (κ1) is 18.7. The molecule has 1 heterocycles. The molecule has 0 radical (unpaired) electrons. The van der Waals surface area contributed by atoms with Gasteiger partial charge in [0.05, 0.1) is 10.6 Å². The fourth-order valence-corrected chi connectivity index (χ4v) is 4.96. The van der Waals surface area contributed by atoms with Gasteiger partial charge in [0.25, 0.3) is 0 Å². The molecule has 0 N–H and O–H groups in total. The van der Waals surface area contributed by atoms with Crippen molar-refractivity contribution in [1.29, 1.82) is 0 Å². The Balaban J connectivity index is 1.72. The van der Waals surface area contributed by atoms with Crippen molar-refractivity contribution in [3.8, 4) is 0 Å². The molecule has 3 rings (SSSR count). The van der Waals surface area contributed by atoms with Crippen molar-refractivity contribution in [3.63, 3.8) is 0 Å². The molecule has 2 aromatic carbocycles. The fourth-order valence-electron chi connectivity index (χ4n) is 3.14. The van der Waals surface area contributed by atoms with Crippen LogP contribution in [0.1, 0.15) is 18.4 Å². The van der Waals surface area contributed by atoms with E-state index < -0.39 is 9.84 Å². The van der Waals surface area contributed by atoms with Gasteiger partial charge in [0, 0.05) is 23.7 Å². The van der Waals surface area contributed by atoms with E-state index >= 15 is 0 Å². The van der Waals surface area contributed by atoms with E-state index in [1.807, 2.05) is 18.2 Å². The SMILES string of the molecule is O=C(/C=C/c1ccccc1Cl)N1CCCC1CS(=O)(=O)c1ccccc1. The van der Waals surface area contributed by atoms with Crippen molar-refractivity contribution in [1.82, 2.24) is 4.90 Å². The largest absolute Gasteiger partial charge is 0.335 e. The van der Waals surface area contributed by atoms with Crippen molar-refractivity contribution >= 4 is 33.4 Å². The fraction of sp³-hybridized carbons (Fsp3) is 0.250. The quantitative estimate of drug-likeness (QED) is 0.730. The summed E-state index contributed by atoms with van der Waals surface area (Å²) in [6, 6.07) is 15.3. The number of hydrogen-bond acceptors (Lipinski definition) is 3. The van der Waals surface area contributed by atoms with Gasteiger partial charge in [-0.25, -0.2) is 8.42 Å². The lowest BCUT2D eigenvalue weighted by molar-refractivity contribution is -0.126. The molecule has 0 aliphatic carbocycles. The maximum absolute atomic E-state index is 12.6. The molecule has 6 heteroatoms. The van der Waals surface area contributed by atoms with E-state index in [-0.39, 0.29) is 17.7 Å². The molecular formula is C20H20ClNO3S. The summed E-state index contributed by atoms with van der Waals surface area (Å²) in [4.78, 5) is 14.5. The Kier molecular flexibility index (Phi) is 5.79. The Morgan fingerprint density at radius 2 is 1.81 bits per heavy atom. The van der Waals surface area contributed by atoms with Gasteiger partial charge >= 0.3 is 0 Å². The lowest BCUT2D eigenvalue weighted by atomic mass is 10.2. The van der Waals surface area contributed by atoms with Gasteiger partial charge in [-0.15, -0.1) is 0 Å². The highest BCUT2D eigenvalue weighted by Crippen LogP contribution is 2.23. The van der Waals surface area contributed by atoms with Crippen LogP contribution in [0, 0.1) is 0 Å². The number of nitrogens with zero attached hydrogens (tertiary/aromatic N) is 1. The minimum atomic E-state index is -3.42. The average Bonchev–Trinajstić information content (AvgIpc) is 3.09. The highest BCUT2D eigenvalue weighted by atomic mass is 35.5. The second-order valence-electron chi connectivity index (χ2n) is 6.28. The van der Waals surface area contributed by atoms with Crippen LogP contribution in [0.15, 0.2) is 65.6 Å². The first-order valence-corrected chi connectivity index (χ1v) is 10.5. The summed E-state index contributed by atoms with van der Waals surface area (Å²) in [6.07, 6.45) is 4.64. The number of carbonyl (C=O) groups is 1. The highest BCUT2D eigenvalue weighted by Gasteiger charge is 2.32. The molecule has 1 saturated heterocycles. The maximum Gasteiger partial charge on any atom is 0.246 e. The summed E-state index contributed by atoms with van der Waals surface area (Å²) in [5, 5.41) is 0.571. The van der Waals surface area contributed by atoms with E-state index in [1.54, 1.807) is 47.4 Å². The van der Waals surface area contributed by atoms with Crippen molar-refractivity contribution in [2.24, 2.45) is 0 Å². The number of rotatable bonds is 5. The van der Waals surface area contributed by atoms with Crippen LogP contribution in [0.25, 0.3) is 6.08 Å². The molecule has 1 amide bonds. The van der Waals surface area contributed by atoms with Crippen molar-refractivity contribution in [2.75, 3.05) is 12.3 Å². The summed E-state index contributed by atoms with van der Waals surface area (Å²) in [6.45, 7) is 0.570. The summed E-state index contributed by atoms with van der Waals surface area (Å²) >= 11 is 6.10. The van der Waals surface area contributed by atoms with Crippen LogP contribution in [0.2, 0.25) is 5.02 Å². The zero-order valence-corrected chi connectivity index (χ0v) is 15.8. The van der Waals surface area contributed by atoms with Gasteiger partial charge in [0.2, 0.25) is 5.91 Å². The van der Waals surface area contributed by atoms with Gasteiger partial charge in [-0.3, -0.25) is 4.79 Å². The molecule has 1 unspecified atom stereocenters. The average molecular weight is 390 g/mol. The van der Waals surface area contributed by atoms with Crippen molar-refractivity contribution in [3.05, 3.63) is 71.3 Å². The highest BCUT2D eigenvalue weighted by molar-refractivity contribution is 7.91. The number of sulfone groups is 1. The van der Waals surface area contributed by atoms with E-state index in [1.165, 1.54) is 6.08 Å². The molecule has 1 atom stereocenters. The van der Waals surface area contributed by atoms with E-state index in [0.29, 0.717) is 22.9 Å². The molecule has 26 heavy (non-hydrogen) atoms. The van der Waals surface area contributed by atoms with Crippen LogP contribution in [-0.4, -0.2) is 37.6 Å². The standard InChI is InChI=1S/C20H20ClNO3S/c21-19-11-5-4-7-16(19)12-13-20(23)22-14-6-8-17(22)15-26(24,25)18-9-2-1-3-10-18/h1-5,7,9-13,17H,6,8,14-15H2/b13-12+. The Morgan fingerprint density at radius 1 is 1.12 bits per heavy atom. The maximum atomic E-state index is 12.6. The third-order valence-corrected chi connectivity index (χ3v) is 6.64. The molecule has 2 aromatic rings. The van der Waals surface area contributed by atoms with Gasteiger partial charge in [0.1, 0.15) is 0 Å². The van der Waals surface area contributed by atoms with Crippen LogP contribution >= 0.6 is 11.6 Å². The first-order chi connectivity index (χ1) is 12.5. The molecule has 4 nitrogen and oxygen atoms in total. The Bertz CT molecular complexity index is 910. The van der Waals surface area contributed by atoms with Gasteiger partial charge in [-0.2, -0.15) is 0 Å². The lowest BCUT2D eigenvalue weighted by Gasteiger charge is -2.23. The molecular weight excluding hydrogens is 370 g/mol. The Hall–Kier alpha value is -2.11. The third-order valence-electron chi connectivity index (χ3n) is 4.49. The zero-order valence-electron chi connectivity index (χ0n) is 14.2. The molecule has 0 spiro atoms. The van der Waals surface area contributed by atoms with E-state index in [2.05, 4.69) is 0 Å². The second kappa shape index (κ2) is 8.06. The normalized spacial score (nSPS) is 17.7. The van der Waals surface area contributed by atoms with E-state index in [4.69, 9.17) is 11.6 Å². The smallest absolute Gasteiger partial charge is 0.246 e. The summed E-state index contributed by atoms with van der Waals surface area (Å²) < 4.78 is 25.2. The van der Waals surface area contributed by atoms with Crippen LogP contribution in [0.4, 0.5) is 0 Å². The van der Waals surface area contributed by atoms with Crippen molar-refractivity contribution in [2.45, 2.75) is 23.8 Å². The van der Waals surface area contributed by atoms with E-state index in [9.17, 15) is 13.2 Å². The summed E-state index contributed by atoms with van der Waals surface area (Å²) in [5.41, 5.74) is 0.759. The van der Waals surface area contributed by atoms with Gasteiger partial charge in [-0.05, 0) is 42.7 Å². The van der Waals surface area contributed by atoms with Gasteiger partial charge in [0.15, 0.2) is 9.84 Å². The lowest BCUT2D eigenvalue weighted by Crippen LogP contribution is -2.38. The monoisotopic (exact) mass is 389 g/mol. The molecule has 1 aliphatic rings. The molecule has 0 aromatic heterocycles. The van der Waals surface area contributed by atoms with Crippen LogP contribution < -0.4 is 0 Å². The predicted molar refractivity (Wildman–Crippen MR) is 104 cm³/mol. The molecule has 136 valence electrons. The topological polar surface area (TPSA) is 54.5 Å². The number of benzene rings is 2. The molecule has 1 aliphatic heterocycles. The van der Waals surface area contributed by atoms with Crippen LogP contribution in [0.5, 0.6) is 0 Å². The second-order valence-corrected chi connectivity index (χ2v) is 8.72. The Morgan fingerprint density at radius 3 is 2.54 bits per heavy atom. The van der Waals surface area contributed by atoms with Crippen molar-refractivity contribution < 1.29 is 13.2 Å². The van der Waals surface area contributed by atoms with Crippen LogP contribution in [-0.2, 0) is 14.6 Å². The van der Waals surface area contributed by atoms with Gasteiger partial charge in [-0.1, -0.05) is 48.0 Å². The minimum Gasteiger partial charge on any atom is -0.335 e. The third kappa shape index (κ3) is 4.34. The molecule has 0 bridgehead atoms. The van der Waals surface area contributed by atoms with E-state index in [0.717, 1.165) is 12.0 Å². The number of hydrogen-bond donors (Lipinski definition) is 0. The Labute approximate surface area is 159 Å². The van der Waals surface area contributed by atoms with Crippen LogP contribution in [0.3, 0.4) is 0 Å². The zero-order chi connectivity index (χ0) is 18.6. The first-order valence-electron chi connectivity index (χ1n) is 8.48. The molecule has 1 fully saturated rings. The number of likely N-dealkylation sites (tertiary alicyclic amines) is 1. The summed E-state index contributed by atoms with van der Waals surface area (Å²) in [5.74, 6) is -0.237. The summed E-state index contributed by atoms with van der Waals surface area (Å²) in [7, 11) is -3.42. The minimum absolute atomic E-state index is 0.0529. The molecule has 0 saturated carbocycles. The van der Waals surface area contributed by atoms with Gasteiger partial charge < -0.3 is 4.90 Å². The number of carbonyl (C=O) groups excluding carboxylic acids is 1.